The fraction of sp³-hybridized carbons (Fsp3) is 0.480. The lowest BCUT2D eigenvalue weighted by atomic mass is 10.1. The van der Waals surface area contributed by atoms with Gasteiger partial charge in [0.1, 0.15) is 30.2 Å². The molecular weight excluding hydrogens is 484 g/mol. The van der Waals surface area contributed by atoms with Gasteiger partial charge in [-0.2, -0.15) is 0 Å². The maximum absolute atomic E-state index is 13.3. The fourth-order valence-corrected chi connectivity index (χ4v) is 4.03. The number of amides is 3. The first-order valence-corrected chi connectivity index (χ1v) is 12.2. The van der Waals surface area contributed by atoms with Crippen molar-refractivity contribution in [3.05, 3.63) is 36.0 Å². The molecule has 0 radical (unpaired) electrons. The highest BCUT2D eigenvalue weighted by molar-refractivity contribution is 5.99. The molecule has 1 aromatic carbocycles. The zero-order valence-electron chi connectivity index (χ0n) is 20.6. The standard InChI is InChI=1S/C25H30N4O8/c1-2-35-25(34)29-11-9-28(10-12-29)24(33)19(7-8-22(30)31)27-23(32)20-13-21(37-15-16-14-36-16)17-5-3-4-6-18(17)26-20/h3-6,13,16,19H,2,7-12,14-15H2,1H3,(H,27,32)(H,30,31). The van der Waals surface area contributed by atoms with Crippen molar-refractivity contribution in [2.75, 3.05) is 46.0 Å². The van der Waals surface area contributed by atoms with Crippen LogP contribution in [0.2, 0.25) is 0 Å². The van der Waals surface area contributed by atoms with E-state index in [1.807, 2.05) is 12.1 Å². The van der Waals surface area contributed by atoms with Crippen molar-refractivity contribution in [2.45, 2.75) is 31.9 Å². The molecule has 2 aromatic rings. The third-order valence-electron chi connectivity index (χ3n) is 6.11. The van der Waals surface area contributed by atoms with Gasteiger partial charge in [-0.3, -0.25) is 14.4 Å². The molecule has 198 valence electrons. The molecule has 4 rings (SSSR count). The average Bonchev–Trinajstić information content (AvgIpc) is 3.73. The Balaban J connectivity index is 1.48. The van der Waals surface area contributed by atoms with E-state index in [9.17, 15) is 24.3 Å². The van der Waals surface area contributed by atoms with Crippen molar-refractivity contribution < 1.29 is 38.5 Å². The number of carbonyl (C=O) groups is 4. The number of aromatic nitrogens is 1. The summed E-state index contributed by atoms with van der Waals surface area (Å²) < 4.78 is 16.1. The fourth-order valence-electron chi connectivity index (χ4n) is 4.03. The molecule has 2 atom stereocenters. The summed E-state index contributed by atoms with van der Waals surface area (Å²) in [5.74, 6) is -1.65. The van der Waals surface area contributed by atoms with E-state index >= 15 is 0 Å². The molecule has 3 heterocycles. The van der Waals surface area contributed by atoms with Crippen molar-refractivity contribution >= 4 is 34.8 Å². The zero-order chi connectivity index (χ0) is 26.4. The van der Waals surface area contributed by atoms with Crippen molar-refractivity contribution in [1.82, 2.24) is 20.1 Å². The molecule has 0 spiro atoms. The van der Waals surface area contributed by atoms with Crippen LogP contribution in [0.5, 0.6) is 5.75 Å². The molecule has 0 bridgehead atoms. The molecule has 0 aliphatic carbocycles. The number of fused-ring (bicyclic) bond motifs is 1. The molecule has 2 saturated heterocycles. The highest BCUT2D eigenvalue weighted by atomic mass is 16.6. The van der Waals surface area contributed by atoms with E-state index in [-0.39, 0.29) is 57.4 Å². The number of epoxide rings is 1. The van der Waals surface area contributed by atoms with E-state index in [2.05, 4.69) is 10.3 Å². The Morgan fingerprint density at radius 1 is 1.16 bits per heavy atom. The molecule has 3 amide bonds. The second-order valence-electron chi connectivity index (χ2n) is 8.76. The van der Waals surface area contributed by atoms with Gasteiger partial charge in [0.2, 0.25) is 5.91 Å². The summed E-state index contributed by atoms with van der Waals surface area (Å²) in [5, 5.41) is 12.6. The molecule has 1 aromatic heterocycles. The number of aliphatic carboxylic acids is 1. The zero-order valence-corrected chi connectivity index (χ0v) is 20.6. The highest BCUT2D eigenvalue weighted by Crippen LogP contribution is 2.26. The van der Waals surface area contributed by atoms with E-state index in [4.69, 9.17) is 14.2 Å². The first-order valence-electron chi connectivity index (χ1n) is 12.2. The molecule has 2 fully saturated rings. The Labute approximate surface area is 213 Å². The molecule has 12 heteroatoms. The van der Waals surface area contributed by atoms with Crippen LogP contribution in [0.1, 0.15) is 30.3 Å². The van der Waals surface area contributed by atoms with Crippen molar-refractivity contribution in [2.24, 2.45) is 0 Å². The van der Waals surface area contributed by atoms with Gasteiger partial charge < -0.3 is 34.4 Å². The number of carboxylic acids is 1. The second-order valence-corrected chi connectivity index (χ2v) is 8.76. The van der Waals surface area contributed by atoms with Crippen LogP contribution in [-0.4, -0.2) is 102 Å². The van der Waals surface area contributed by atoms with Crippen molar-refractivity contribution in [3.8, 4) is 5.75 Å². The van der Waals surface area contributed by atoms with Gasteiger partial charge in [0.05, 0.1) is 18.7 Å². The lowest BCUT2D eigenvalue weighted by Crippen LogP contribution is -2.56. The van der Waals surface area contributed by atoms with Crippen LogP contribution < -0.4 is 10.1 Å². The third kappa shape index (κ3) is 6.85. The first kappa shape index (κ1) is 26.1. The predicted molar refractivity (Wildman–Crippen MR) is 130 cm³/mol. The summed E-state index contributed by atoms with van der Waals surface area (Å²) in [4.78, 5) is 57.1. The number of carbonyl (C=O) groups excluding carboxylic acids is 3. The van der Waals surface area contributed by atoms with Crippen LogP contribution in [0.4, 0.5) is 4.79 Å². The van der Waals surface area contributed by atoms with Gasteiger partial charge in [-0.15, -0.1) is 0 Å². The maximum atomic E-state index is 13.3. The lowest BCUT2D eigenvalue weighted by Gasteiger charge is -2.35. The minimum Gasteiger partial charge on any atom is -0.490 e. The Morgan fingerprint density at radius 2 is 1.86 bits per heavy atom. The molecule has 0 saturated carbocycles. The van der Waals surface area contributed by atoms with Gasteiger partial charge in [0.15, 0.2) is 0 Å². The number of pyridine rings is 1. The SMILES string of the molecule is CCOC(=O)N1CCN(C(=O)C(CCC(=O)O)NC(=O)c2cc(OCC3CO3)c3ccccc3n2)CC1. The molecule has 2 unspecified atom stereocenters. The Hall–Kier alpha value is -3.93. The predicted octanol–water partition coefficient (Wildman–Crippen LogP) is 1.28. The summed E-state index contributed by atoms with van der Waals surface area (Å²) in [6, 6.07) is 7.66. The molecule has 12 nitrogen and oxygen atoms in total. The van der Waals surface area contributed by atoms with Crippen LogP contribution >= 0.6 is 0 Å². The van der Waals surface area contributed by atoms with E-state index in [1.165, 1.54) is 15.9 Å². The summed E-state index contributed by atoms with van der Waals surface area (Å²) in [7, 11) is 0. The number of para-hydroxylation sites is 1. The van der Waals surface area contributed by atoms with E-state index in [0.29, 0.717) is 24.5 Å². The smallest absolute Gasteiger partial charge is 0.409 e. The Bertz CT molecular complexity index is 1160. The molecule has 37 heavy (non-hydrogen) atoms. The van der Waals surface area contributed by atoms with Crippen LogP contribution in [-0.2, 0) is 19.1 Å². The Morgan fingerprint density at radius 3 is 2.54 bits per heavy atom. The minimum absolute atomic E-state index is 0.0199. The maximum Gasteiger partial charge on any atom is 0.409 e. The molecule has 2 N–H and O–H groups in total. The normalized spacial score (nSPS) is 17.7. The van der Waals surface area contributed by atoms with Crippen LogP contribution in [0.25, 0.3) is 10.9 Å². The minimum atomic E-state index is -1.08. The van der Waals surface area contributed by atoms with Crippen molar-refractivity contribution in [3.63, 3.8) is 0 Å². The summed E-state index contributed by atoms with van der Waals surface area (Å²) in [6.07, 6.45) is -0.820. The molecule has 2 aliphatic heterocycles. The number of nitrogens with one attached hydrogen (secondary N) is 1. The summed E-state index contributed by atoms with van der Waals surface area (Å²) >= 11 is 0. The largest absolute Gasteiger partial charge is 0.490 e. The number of hydrogen-bond acceptors (Lipinski definition) is 8. The number of benzene rings is 1. The van der Waals surface area contributed by atoms with E-state index < -0.39 is 29.9 Å². The highest BCUT2D eigenvalue weighted by Gasteiger charge is 2.31. The lowest BCUT2D eigenvalue weighted by molar-refractivity contribution is -0.138. The van der Waals surface area contributed by atoms with Gasteiger partial charge >= 0.3 is 12.1 Å². The monoisotopic (exact) mass is 514 g/mol. The summed E-state index contributed by atoms with van der Waals surface area (Å²) in [6.45, 7) is 3.98. The number of carboxylic acid groups (broad SMARTS) is 1. The van der Waals surface area contributed by atoms with Gasteiger partial charge in [-0.05, 0) is 25.5 Å². The number of nitrogens with zero attached hydrogens (tertiary/aromatic N) is 3. The van der Waals surface area contributed by atoms with Crippen LogP contribution in [0.15, 0.2) is 30.3 Å². The molecular formula is C25H30N4O8. The number of ether oxygens (including phenoxy) is 3. The van der Waals surface area contributed by atoms with Crippen LogP contribution in [0, 0.1) is 0 Å². The Kier molecular flexibility index (Phi) is 8.39. The second kappa shape index (κ2) is 11.9. The van der Waals surface area contributed by atoms with E-state index in [0.717, 1.165) is 5.39 Å². The van der Waals surface area contributed by atoms with Crippen molar-refractivity contribution in [1.29, 1.82) is 0 Å². The van der Waals surface area contributed by atoms with Crippen LogP contribution in [0.3, 0.4) is 0 Å². The first-order chi connectivity index (χ1) is 17.9. The molecule has 2 aliphatic rings. The number of hydrogen-bond donors (Lipinski definition) is 2. The third-order valence-corrected chi connectivity index (χ3v) is 6.11. The van der Waals surface area contributed by atoms with Gasteiger partial charge in [0.25, 0.3) is 5.91 Å². The number of rotatable bonds is 10. The topological polar surface area (TPSA) is 151 Å². The van der Waals surface area contributed by atoms with Gasteiger partial charge in [-0.25, -0.2) is 9.78 Å². The van der Waals surface area contributed by atoms with Gasteiger partial charge in [-0.1, -0.05) is 12.1 Å². The summed E-state index contributed by atoms with van der Waals surface area (Å²) in [5.41, 5.74) is 0.594. The number of piperazine rings is 1. The van der Waals surface area contributed by atoms with Gasteiger partial charge in [0, 0.05) is 44.1 Å². The van der Waals surface area contributed by atoms with E-state index in [1.54, 1.807) is 19.1 Å². The quantitative estimate of drug-likeness (QED) is 0.447. The average molecular weight is 515 g/mol.